The molecule has 2 atom stereocenters. The van der Waals surface area contributed by atoms with E-state index in [9.17, 15) is 0 Å². The third-order valence-electron chi connectivity index (χ3n) is 2.11. The third-order valence-corrected chi connectivity index (χ3v) is 4.83. The van der Waals surface area contributed by atoms with E-state index < -0.39 is 0 Å². The molecule has 2 nitrogen and oxygen atoms in total. The summed E-state index contributed by atoms with van der Waals surface area (Å²) in [6.45, 7) is 6.94. The van der Waals surface area contributed by atoms with Crippen LogP contribution in [0.1, 0.15) is 13.8 Å². The molecule has 10 heavy (non-hydrogen) atoms. The molecule has 0 spiro atoms. The number of hydrogen-bond acceptors (Lipinski definition) is 2. The predicted molar refractivity (Wildman–Crippen MR) is 60.4 cm³/mol. The first-order chi connectivity index (χ1) is 4.63. The maximum Gasteiger partial charge on any atom is 0.0327 e. The van der Waals surface area contributed by atoms with Crippen LogP contribution in [-0.2, 0) is 0 Å². The average molecular weight is 366 g/mol. The zero-order valence-corrected chi connectivity index (χ0v) is 10.5. The zero-order valence-electron chi connectivity index (χ0n) is 6.22. The van der Waals surface area contributed by atoms with E-state index in [1.165, 1.54) is 13.1 Å². The molecule has 0 N–H and O–H groups in total. The highest BCUT2D eigenvalue weighted by atomic mass is 127. The van der Waals surface area contributed by atoms with Gasteiger partial charge in [0.05, 0.1) is 0 Å². The van der Waals surface area contributed by atoms with Crippen molar-refractivity contribution in [2.75, 3.05) is 13.1 Å². The maximum absolute atomic E-state index is 2.41. The molecular formula is C6H12I2N2. The molecular weight excluding hydrogens is 354 g/mol. The van der Waals surface area contributed by atoms with Gasteiger partial charge in [-0.05, 0) is 13.8 Å². The van der Waals surface area contributed by atoms with E-state index in [-0.39, 0.29) is 0 Å². The Balaban J connectivity index is 2.52. The Morgan fingerprint density at radius 2 is 1.30 bits per heavy atom. The Labute approximate surface area is 90.3 Å². The van der Waals surface area contributed by atoms with Crippen LogP contribution in [0.25, 0.3) is 0 Å². The van der Waals surface area contributed by atoms with Crippen molar-refractivity contribution in [2.24, 2.45) is 0 Å². The Hall–Kier alpha value is 1.38. The summed E-state index contributed by atoms with van der Waals surface area (Å²) in [6.07, 6.45) is 0. The summed E-state index contributed by atoms with van der Waals surface area (Å²) in [5.74, 6) is 0. The van der Waals surface area contributed by atoms with E-state index in [1.807, 2.05) is 0 Å². The van der Waals surface area contributed by atoms with Crippen molar-refractivity contribution in [2.45, 2.75) is 25.9 Å². The molecule has 1 saturated heterocycles. The molecule has 1 fully saturated rings. The summed E-state index contributed by atoms with van der Waals surface area (Å²) in [5.41, 5.74) is 0. The topological polar surface area (TPSA) is 6.48 Å². The molecule has 0 saturated carbocycles. The van der Waals surface area contributed by atoms with E-state index in [1.54, 1.807) is 0 Å². The van der Waals surface area contributed by atoms with Gasteiger partial charge in [0.25, 0.3) is 0 Å². The van der Waals surface area contributed by atoms with Crippen LogP contribution in [0.3, 0.4) is 0 Å². The standard InChI is InChI=1S/C6H12I2N2/c1-5-6(2)10(8)4-3-9(5)7/h5-6H,3-4H2,1-2H3. The summed E-state index contributed by atoms with van der Waals surface area (Å²) in [5, 5.41) is 0. The molecule has 0 amide bonds. The first-order valence-electron chi connectivity index (χ1n) is 3.47. The molecule has 60 valence electrons. The normalized spacial score (nSPS) is 38.4. The second-order valence-electron chi connectivity index (χ2n) is 2.73. The Kier molecular flexibility index (Phi) is 3.66. The Morgan fingerprint density at radius 3 is 1.60 bits per heavy atom. The number of nitrogens with zero attached hydrogens (tertiary/aromatic N) is 2. The lowest BCUT2D eigenvalue weighted by Gasteiger charge is -2.38. The largest absolute Gasteiger partial charge is 0.242 e. The van der Waals surface area contributed by atoms with Crippen molar-refractivity contribution in [3.63, 3.8) is 0 Å². The lowest BCUT2D eigenvalue weighted by atomic mass is 10.1. The minimum atomic E-state index is 0.686. The number of rotatable bonds is 0. The van der Waals surface area contributed by atoms with Gasteiger partial charge in [-0.15, -0.1) is 0 Å². The molecule has 0 bridgehead atoms. The molecule has 2 unspecified atom stereocenters. The number of piperazine rings is 1. The predicted octanol–water partition coefficient (Wildman–Crippen LogP) is 2.08. The van der Waals surface area contributed by atoms with E-state index in [0.717, 1.165) is 0 Å². The smallest absolute Gasteiger partial charge is 0.0327 e. The second-order valence-corrected chi connectivity index (χ2v) is 5.21. The van der Waals surface area contributed by atoms with E-state index >= 15 is 0 Å². The van der Waals surface area contributed by atoms with Gasteiger partial charge in [0.1, 0.15) is 0 Å². The summed E-state index contributed by atoms with van der Waals surface area (Å²) in [7, 11) is 0. The zero-order chi connectivity index (χ0) is 7.72. The summed E-state index contributed by atoms with van der Waals surface area (Å²) in [6, 6.07) is 1.37. The number of halogens is 2. The van der Waals surface area contributed by atoms with Gasteiger partial charge in [0, 0.05) is 70.9 Å². The van der Waals surface area contributed by atoms with E-state index in [2.05, 4.69) is 65.8 Å². The van der Waals surface area contributed by atoms with Crippen molar-refractivity contribution in [1.82, 2.24) is 6.23 Å². The molecule has 0 radical (unpaired) electrons. The summed E-state index contributed by atoms with van der Waals surface area (Å²) < 4.78 is 4.77. The minimum absolute atomic E-state index is 0.686. The molecule has 0 aromatic rings. The molecule has 1 aliphatic rings. The van der Waals surface area contributed by atoms with Crippen LogP contribution < -0.4 is 0 Å². The van der Waals surface area contributed by atoms with E-state index in [4.69, 9.17) is 0 Å². The van der Waals surface area contributed by atoms with Gasteiger partial charge >= 0.3 is 0 Å². The molecule has 1 aliphatic heterocycles. The van der Waals surface area contributed by atoms with Crippen molar-refractivity contribution in [3.05, 3.63) is 0 Å². The van der Waals surface area contributed by atoms with Crippen LogP contribution in [0.5, 0.6) is 0 Å². The van der Waals surface area contributed by atoms with Gasteiger partial charge in [0.15, 0.2) is 0 Å². The lowest BCUT2D eigenvalue weighted by molar-refractivity contribution is 0.206. The van der Waals surface area contributed by atoms with Crippen molar-refractivity contribution < 1.29 is 0 Å². The Morgan fingerprint density at radius 1 is 1.00 bits per heavy atom. The highest BCUT2D eigenvalue weighted by Gasteiger charge is 2.27. The van der Waals surface area contributed by atoms with Crippen molar-refractivity contribution in [1.29, 1.82) is 0 Å². The van der Waals surface area contributed by atoms with Gasteiger partial charge in [-0.3, -0.25) is 0 Å². The van der Waals surface area contributed by atoms with Gasteiger partial charge in [-0.2, -0.15) is 0 Å². The van der Waals surface area contributed by atoms with Crippen LogP contribution in [0, 0.1) is 0 Å². The van der Waals surface area contributed by atoms with Gasteiger partial charge < -0.3 is 0 Å². The van der Waals surface area contributed by atoms with E-state index in [0.29, 0.717) is 12.1 Å². The lowest BCUT2D eigenvalue weighted by Crippen LogP contribution is -2.49. The van der Waals surface area contributed by atoms with Crippen LogP contribution in [0.2, 0.25) is 0 Å². The molecule has 0 aliphatic carbocycles. The fourth-order valence-electron chi connectivity index (χ4n) is 1.07. The van der Waals surface area contributed by atoms with Crippen LogP contribution in [0.4, 0.5) is 0 Å². The fourth-order valence-corrected chi connectivity index (χ4v) is 2.43. The second kappa shape index (κ2) is 3.86. The first-order valence-corrected chi connectivity index (χ1v) is 5.40. The first kappa shape index (κ1) is 9.47. The highest BCUT2D eigenvalue weighted by molar-refractivity contribution is 14.1. The van der Waals surface area contributed by atoms with Crippen molar-refractivity contribution in [3.8, 4) is 0 Å². The quantitative estimate of drug-likeness (QED) is 0.479. The van der Waals surface area contributed by atoms with Crippen LogP contribution in [-0.4, -0.2) is 31.4 Å². The monoisotopic (exact) mass is 366 g/mol. The highest BCUT2D eigenvalue weighted by Crippen LogP contribution is 2.22. The molecule has 1 rings (SSSR count). The summed E-state index contributed by atoms with van der Waals surface area (Å²) >= 11 is 4.82. The fraction of sp³-hybridized carbons (Fsp3) is 1.00. The van der Waals surface area contributed by atoms with Gasteiger partial charge in [0.2, 0.25) is 0 Å². The van der Waals surface area contributed by atoms with Crippen LogP contribution in [0.15, 0.2) is 0 Å². The van der Waals surface area contributed by atoms with Crippen molar-refractivity contribution >= 4 is 45.7 Å². The molecule has 0 aromatic heterocycles. The Bertz CT molecular complexity index is 106. The average Bonchev–Trinajstić information content (AvgIpc) is 1.93. The molecule has 4 heteroatoms. The molecule has 1 heterocycles. The maximum atomic E-state index is 2.41. The van der Waals surface area contributed by atoms with Gasteiger partial charge in [-0.1, -0.05) is 0 Å². The number of hydrogen-bond donors (Lipinski definition) is 0. The SMILES string of the molecule is CC1C(C)N(I)CCN1I. The minimum Gasteiger partial charge on any atom is -0.242 e. The van der Waals surface area contributed by atoms with Gasteiger partial charge in [-0.25, -0.2) is 6.23 Å². The molecule has 0 aromatic carbocycles. The van der Waals surface area contributed by atoms with Crippen LogP contribution >= 0.6 is 45.7 Å². The third kappa shape index (κ3) is 1.95. The summed E-state index contributed by atoms with van der Waals surface area (Å²) in [4.78, 5) is 0.